The average Bonchev–Trinajstić information content (AvgIpc) is 2.80. The molecule has 30 heavy (non-hydrogen) atoms. The topological polar surface area (TPSA) is 40.6 Å². The van der Waals surface area contributed by atoms with Gasteiger partial charge in [0.1, 0.15) is 0 Å². The molecule has 0 spiro atoms. The van der Waals surface area contributed by atoms with Gasteiger partial charge >= 0.3 is 0 Å². The molecule has 3 aromatic rings. The fourth-order valence-electron chi connectivity index (χ4n) is 4.39. The van der Waals surface area contributed by atoms with E-state index in [-0.39, 0.29) is 17.6 Å². The van der Waals surface area contributed by atoms with Crippen molar-refractivity contribution >= 4 is 28.2 Å². The second-order valence-electron chi connectivity index (χ2n) is 7.92. The predicted molar refractivity (Wildman–Crippen MR) is 122 cm³/mol. The van der Waals surface area contributed by atoms with Crippen LogP contribution in [0.4, 0.5) is 5.69 Å². The molecule has 0 bridgehead atoms. The van der Waals surface area contributed by atoms with Crippen molar-refractivity contribution in [3.63, 3.8) is 0 Å². The van der Waals surface area contributed by atoms with E-state index in [4.69, 9.17) is 0 Å². The zero-order chi connectivity index (χ0) is 20.9. The molecule has 1 amide bonds. The van der Waals surface area contributed by atoms with E-state index in [1.807, 2.05) is 66.4 Å². The molecule has 1 aliphatic rings. The number of likely N-dealkylation sites (tertiary alicyclic amines) is 1. The lowest BCUT2D eigenvalue weighted by Crippen LogP contribution is -2.44. The Bertz CT molecular complexity index is 1020. The molecule has 0 atom stereocenters. The van der Waals surface area contributed by atoms with Gasteiger partial charge in [-0.3, -0.25) is 14.5 Å². The van der Waals surface area contributed by atoms with Crippen LogP contribution in [0.1, 0.15) is 30.1 Å². The number of hydrogen-bond donors (Lipinski definition) is 0. The van der Waals surface area contributed by atoms with Crippen molar-refractivity contribution in [1.29, 1.82) is 0 Å². The Labute approximate surface area is 178 Å². The second kappa shape index (κ2) is 9.23. The largest absolute Gasteiger partial charge is 0.311 e. The third-order valence-corrected chi connectivity index (χ3v) is 6.05. The summed E-state index contributed by atoms with van der Waals surface area (Å²) in [6, 6.07) is 23.8. The van der Waals surface area contributed by atoms with E-state index in [0.717, 1.165) is 48.0 Å². The summed E-state index contributed by atoms with van der Waals surface area (Å²) >= 11 is 0. The quantitative estimate of drug-likeness (QED) is 0.559. The highest BCUT2D eigenvalue weighted by Crippen LogP contribution is 2.27. The minimum atomic E-state index is 0.0547. The second-order valence-corrected chi connectivity index (χ2v) is 7.92. The van der Waals surface area contributed by atoms with Gasteiger partial charge in [0.05, 0.1) is 12.2 Å². The van der Waals surface area contributed by atoms with Crippen molar-refractivity contribution in [3.05, 3.63) is 78.4 Å². The van der Waals surface area contributed by atoms with Crippen molar-refractivity contribution in [2.75, 3.05) is 31.1 Å². The molecular formula is C26H28N2O2. The van der Waals surface area contributed by atoms with Crippen molar-refractivity contribution in [1.82, 2.24) is 4.90 Å². The van der Waals surface area contributed by atoms with Gasteiger partial charge < -0.3 is 4.90 Å². The summed E-state index contributed by atoms with van der Waals surface area (Å²) in [6.07, 6.45) is 1.61. The standard InChI is InChI=1S/C26H28N2O2/c1-2-28(24-14-8-12-20-9-6-7-13-23(20)24)25(29)19-27-17-15-22(16-18-27)26(30)21-10-4-3-5-11-21/h3-14,22H,2,15-19H2,1H3. The molecule has 1 fully saturated rings. The number of piperidine rings is 1. The lowest BCUT2D eigenvalue weighted by atomic mass is 9.89. The first kappa shape index (κ1) is 20.3. The molecular weight excluding hydrogens is 372 g/mol. The molecule has 0 radical (unpaired) electrons. The number of nitrogens with zero attached hydrogens (tertiary/aromatic N) is 2. The van der Waals surface area contributed by atoms with Gasteiger partial charge in [-0.2, -0.15) is 0 Å². The van der Waals surface area contributed by atoms with Crippen LogP contribution in [0, 0.1) is 5.92 Å². The summed E-state index contributed by atoms with van der Waals surface area (Å²) < 4.78 is 0. The predicted octanol–water partition coefficient (Wildman–Crippen LogP) is 4.79. The maximum absolute atomic E-state index is 13.1. The Kier molecular flexibility index (Phi) is 6.24. The van der Waals surface area contributed by atoms with Crippen LogP contribution < -0.4 is 4.90 Å². The summed E-state index contributed by atoms with van der Waals surface area (Å²) in [4.78, 5) is 29.9. The molecule has 4 nitrogen and oxygen atoms in total. The number of ketones is 1. The highest BCUT2D eigenvalue weighted by atomic mass is 16.2. The lowest BCUT2D eigenvalue weighted by molar-refractivity contribution is -0.120. The molecule has 3 aromatic carbocycles. The molecule has 0 aliphatic carbocycles. The van der Waals surface area contributed by atoms with E-state index in [0.29, 0.717) is 13.1 Å². The lowest BCUT2D eigenvalue weighted by Gasteiger charge is -2.32. The van der Waals surface area contributed by atoms with Crippen LogP contribution in [-0.2, 0) is 4.79 Å². The summed E-state index contributed by atoms with van der Waals surface area (Å²) in [5, 5.41) is 2.24. The van der Waals surface area contributed by atoms with E-state index >= 15 is 0 Å². The minimum absolute atomic E-state index is 0.0547. The van der Waals surface area contributed by atoms with Crippen LogP contribution in [0.5, 0.6) is 0 Å². The maximum Gasteiger partial charge on any atom is 0.241 e. The molecule has 0 saturated carbocycles. The van der Waals surface area contributed by atoms with Crippen LogP contribution in [0.2, 0.25) is 0 Å². The van der Waals surface area contributed by atoms with Gasteiger partial charge in [-0.15, -0.1) is 0 Å². The van der Waals surface area contributed by atoms with Crippen LogP contribution in [0.25, 0.3) is 10.8 Å². The van der Waals surface area contributed by atoms with Gasteiger partial charge in [0.25, 0.3) is 0 Å². The normalized spacial score (nSPS) is 15.2. The molecule has 154 valence electrons. The van der Waals surface area contributed by atoms with Crippen molar-refractivity contribution in [2.45, 2.75) is 19.8 Å². The molecule has 0 unspecified atom stereocenters. The van der Waals surface area contributed by atoms with Gasteiger partial charge in [0.2, 0.25) is 5.91 Å². The molecule has 1 heterocycles. The van der Waals surface area contributed by atoms with Gasteiger partial charge in [-0.1, -0.05) is 66.7 Å². The zero-order valence-corrected chi connectivity index (χ0v) is 17.5. The molecule has 0 aromatic heterocycles. The Morgan fingerprint density at radius 2 is 1.57 bits per heavy atom. The Morgan fingerprint density at radius 3 is 2.30 bits per heavy atom. The Morgan fingerprint density at radius 1 is 0.900 bits per heavy atom. The summed E-state index contributed by atoms with van der Waals surface area (Å²) in [6.45, 7) is 4.60. The summed E-state index contributed by atoms with van der Waals surface area (Å²) in [5.74, 6) is 0.397. The molecule has 1 aliphatic heterocycles. The smallest absolute Gasteiger partial charge is 0.241 e. The molecule has 4 heteroatoms. The van der Waals surface area contributed by atoms with Gasteiger partial charge in [0, 0.05) is 23.4 Å². The number of carbonyl (C=O) groups is 2. The summed E-state index contributed by atoms with van der Waals surface area (Å²) in [7, 11) is 0. The average molecular weight is 401 g/mol. The Hall–Kier alpha value is -2.98. The van der Waals surface area contributed by atoms with Gasteiger partial charge in [-0.05, 0) is 44.3 Å². The maximum atomic E-state index is 13.1. The van der Waals surface area contributed by atoms with E-state index in [2.05, 4.69) is 23.1 Å². The number of fused-ring (bicyclic) bond motifs is 1. The number of rotatable bonds is 6. The van der Waals surface area contributed by atoms with E-state index in [1.54, 1.807) is 0 Å². The van der Waals surface area contributed by atoms with Crippen LogP contribution in [0.15, 0.2) is 72.8 Å². The first-order valence-electron chi connectivity index (χ1n) is 10.8. The summed E-state index contributed by atoms with van der Waals surface area (Å²) in [5.41, 5.74) is 1.76. The van der Waals surface area contributed by atoms with Crippen LogP contribution in [-0.4, -0.2) is 42.8 Å². The van der Waals surface area contributed by atoms with Gasteiger partial charge in [0.15, 0.2) is 5.78 Å². The van der Waals surface area contributed by atoms with Crippen LogP contribution >= 0.6 is 0 Å². The van der Waals surface area contributed by atoms with Gasteiger partial charge in [-0.25, -0.2) is 0 Å². The minimum Gasteiger partial charge on any atom is -0.311 e. The van der Waals surface area contributed by atoms with E-state index < -0.39 is 0 Å². The molecule has 1 saturated heterocycles. The highest BCUT2D eigenvalue weighted by Gasteiger charge is 2.27. The molecule has 0 N–H and O–H groups in total. The van der Waals surface area contributed by atoms with Crippen molar-refractivity contribution in [2.24, 2.45) is 5.92 Å². The van der Waals surface area contributed by atoms with Crippen molar-refractivity contribution in [3.8, 4) is 0 Å². The first-order valence-corrected chi connectivity index (χ1v) is 10.8. The number of hydrogen-bond acceptors (Lipinski definition) is 3. The SMILES string of the molecule is CCN(C(=O)CN1CCC(C(=O)c2ccccc2)CC1)c1cccc2ccccc12. The number of amides is 1. The zero-order valence-electron chi connectivity index (χ0n) is 17.5. The number of Topliss-reactive ketones (excluding diaryl/α,β-unsaturated/α-hetero) is 1. The third kappa shape index (κ3) is 4.29. The Balaban J connectivity index is 1.40. The first-order chi connectivity index (χ1) is 14.7. The fraction of sp³-hybridized carbons (Fsp3) is 0.308. The number of anilines is 1. The monoisotopic (exact) mass is 400 g/mol. The van der Waals surface area contributed by atoms with Crippen LogP contribution in [0.3, 0.4) is 0 Å². The van der Waals surface area contributed by atoms with E-state index in [1.165, 1.54) is 0 Å². The number of carbonyl (C=O) groups excluding carboxylic acids is 2. The molecule has 4 rings (SSSR count). The number of likely N-dealkylation sites (N-methyl/N-ethyl adjacent to an activating group) is 1. The number of benzene rings is 3. The van der Waals surface area contributed by atoms with E-state index in [9.17, 15) is 9.59 Å². The highest BCUT2D eigenvalue weighted by molar-refractivity contribution is 6.04. The van der Waals surface area contributed by atoms with Crippen molar-refractivity contribution < 1.29 is 9.59 Å². The third-order valence-electron chi connectivity index (χ3n) is 6.05. The fourth-order valence-corrected chi connectivity index (χ4v) is 4.39.